The zero-order chi connectivity index (χ0) is 20.5. The van der Waals surface area contributed by atoms with Crippen LogP contribution < -0.4 is 16.0 Å². The molecule has 1 aromatic carbocycles. The van der Waals surface area contributed by atoms with Gasteiger partial charge in [0.05, 0.1) is 12.0 Å². The van der Waals surface area contributed by atoms with Gasteiger partial charge in [0.2, 0.25) is 0 Å². The SMILES string of the molecule is Cc1ccccc1OCCCn1c(=O)c2ccc(C(F)(F)F)nc2n(C)c1=O. The van der Waals surface area contributed by atoms with E-state index in [-0.39, 0.29) is 24.2 Å². The molecule has 0 amide bonds. The number of benzene rings is 1. The van der Waals surface area contributed by atoms with Crippen molar-refractivity contribution in [3.8, 4) is 5.75 Å². The zero-order valence-corrected chi connectivity index (χ0v) is 15.3. The van der Waals surface area contributed by atoms with E-state index in [9.17, 15) is 22.8 Å². The number of pyridine rings is 1. The van der Waals surface area contributed by atoms with Crippen molar-refractivity contribution in [2.75, 3.05) is 6.61 Å². The van der Waals surface area contributed by atoms with Gasteiger partial charge in [0, 0.05) is 13.6 Å². The molecule has 9 heteroatoms. The molecule has 2 aromatic heterocycles. The maximum absolute atomic E-state index is 12.9. The molecule has 3 aromatic rings. The lowest BCUT2D eigenvalue weighted by atomic mass is 10.2. The highest BCUT2D eigenvalue weighted by Gasteiger charge is 2.33. The summed E-state index contributed by atoms with van der Waals surface area (Å²) in [5.41, 5.74) is -1.88. The first kappa shape index (κ1) is 19.7. The summed E-state index contributed by atoms with van der Waals surface area (Å²) in [6.07, 6.45) is -4.28. The van der Waals surface area contributed by atoms with Gasteiger partial charge in [-0.3, -0.25) is 13.9 Å². The normalized spacial score (nSPS) is 11.8. The molecule has 0 spiro atoms. The molecule has 0 atom stereocenters. The Labute approximate surface area is 157 Å². The maximum Gasteiger partial charge on any atom is 0.433 e. The van der Waals surface area contributed by atoms with Gasteiger partial charge in [-0.05, 0) is 37.1 Å². The number of ether oxygens (including phenoxy) is 1. The molecule has 0 saturated heterocycles. The van der Waals surface area contributed by atoms with Crippen molar-refractivity contribution in [1.29, 1.82) is 0 Å². The minimum absolute atomic E-state index is 0.0464. The van der Waals surface area contributed by atoms with Crippen LogP contribution in [0.15, 0.2) is 46.0 Å². The monoisotopic (exact) mass is 393 g/mol. The third-order valence-corrected chi connectivity index (χ3v) is 4.35. The second-order valence-electron chi connectivity index (χ2n) is 6.33. The third-order valence-electron chi connectivity index (χ3n) is 4.35. The summed E-state index contributed by atoms with van der Waals surface area (Å²) in [6.45, 7) is 2.26. The van der Waals surface area contributed by atoms with Crippen LogP contribution in [0.25, 0.3) is 11.0 Å². The second-order valence-corrected chi connectivity index (χ2v) is 6.33. The fourth-order valence-corrected chi connectivity index (χ4v) is 2.85. The van der Waals surface area contributed by atoms with Crippen LogP contribution in [0.1, 0.15) is 17.7 Å². The first-order valence-corrected chi connectivity index (χ1v) is 8.56. The van der Waals surface area contributed by atoms with Crippen LogP contribution in [0.4, 0.5) is 13.2 Å². The van der Waals surface area contributed by atoms with Crippen molar-refractivity contribution in [2.24, 2.45) is 7.05 Å². The Kier molecular flexibility index (Phi) is 5.26. The number of fused-ring (bicyclic) bond motifs is 1. The predicted octanol–water partition coefficient (Wildman–Crippen LogP) is 2.89. The van der Waals surface area contributed by atoms with E-state index in [2.05, 4.69) is 4.98 Å². The molecule has 0 aliphatic rings. The minimum Gasteiger partial charge on any atom is -0.493 e. The summed E-state index contributed by atoms with van der Waals surface area (Å²) in [5.74, 6) is 0.713. The lowest BCUT2D eigenvalue weighted by Crippen LogP contribution is -2.39. The van der Waals surface area contributed by atoms with Gasteiger partial charge in [-0.1, -0.05) is 18.2 Å². The van der Waals surface area contributed by atoms with Gasteiger partial charge in [-0.2, -0.15) is 13.2 Å². The smallest absolute Gasteiger partial charge is 0.433 e. The Bertz CT molecular complexity index is 1130. The molecule has 0 fully saturated rings. The van der Waals surface area contributed by atoms with Gasteiger partial charge in [0.1, 0.15) is 17.1 Å². The topological polar surface area (TPSA) is 66.1 Å². The molecule has 28 heavy (non-hydrogen) atoms. The maximum atomic E-state index is 12.9. The highest BCUT2D eigenvalue weighted by molar-refractivity contribution is 5.74. The summed E-state index contributed by atoms with van der Waals surface area (Å²) in [7, 11) is 1.29. The van der Waals surface area contributed by atoms with Crippen molar-refractivity contribution in [3.63, 3.8) is 0 Å². The van der Waals surface area contributed by atoms with Gasteiger partial charge in [-0.15, -0.1) is 0 Å². The Balaban J connectivity index is 1.85. The van der Waals surface area contributed by atoms with Crippen LogP contribution in [-0.2, 0) is 19.8 Å². The average Bonchev–Trinajstić information content (AvgIpc) is 2.65. The van der Waals surface area contributed by atoms with E-state index < -0.39 is 23.1 Å². The Hall–Kier alpha value is -3.10. The van der Waals surface area contributed by atoms with E-state index in [0.29, 0.717) is 12.2 Å². The van der Waals surface area contributed by atoms with Gasteiger partial charge < -0.3 is 4.74 Å². The molecule has 0 aliphatic heterocycles. The first-order chi connectivity index (χ1) is 13.2. The third kappa shape index (κ3) is 3.78. The van der Waals surface area contributed by atoms with Crippen LogP contribution >= 0.6 is 0 Å². The van der Waals surface area contributed by atoms with Crippen LogP contribution in [0.3, 0.4) is 0 Å². The van der Waals surface area contributed by atoms with Gasteiger partial charge in [0.15, 0.2) is 0 Å². The van der Waals surface area contributed by atoms with Crippen LogP contribution in [0, 0.1) is 6.92 Å². The van der Waals surface area contributed by atoms with E-state index in [0.717, 1.165) is 26.8 Å². The largest absolute Gasteiger partial charge is 0.493 e. The summed E-state index contributed by atoms with van der Waals surface area (Å²) in [6, 6.07) is 9.24. The molecule has 2 heterocycles. The number of aryl methyl sites for hydroxylation is 2. The fourth-order valence-electron chi connectivity index (χ4n) is 2.85. The van der Waals surface area contributed by atoms with Crippen molar-refractivity contribution < 1.29 is 17.9 Å². The molecule has 0 aliphatic carbocycles. The van der Waals surface area contributed by atoms with Crippen molar-refractivity contribution in [1.82, 2.24) is 14.1 Å². The van der Waals surface area contributed by atoms with Gasteiger partial charge >= 0.3 is 11.9 Å². The Morgan fingerprint density at radius 3 is 2.50 bits per heavy atom. The molecule has 0 unspecified atom stereocenters. The predicted molar refractivity (Wildman–Crippen MR) is 97.5 cm³/mol. The second kappa shape index (κ2) is 7.49. The fraction of sp³-hybridized carbons (Fsp3) is 0.316. The standard InChI is InChI=1S/C19H18F3N3O3/c1-12-6-3-4-7-14(12)28-11-5-10-25-17(26)13-8-9-15(19(20,21)22)23-16(13)24(2)18(25)27/h3-4,6-9H,5,10-11H2,1-2H3. The number of para-hydroxylation sites is 1. The highest BCUT2D eigenvalue weighted by Crippen LogP contribution is 2.28. The number of hydrogen-bond acceptors (Lipinski definition) is 4. The quantitative estimate of drug-likeness (QED) is 0.626. The number of alkyl halides is 3. The Morgan fingerprint density at radius 1 is 1.11 bits per heavy atom. The number of hydrogen-bond donors (Lipinski definition) is 0. The molecular formula is C19H18F3N3O3. The highest BCUT2D eigenvalue weighted by atomic mass is 19.4. The summed E-state index contributed by atoms with van der Waals surface area (Å²) in [5, 5.41) is -0.0464. The summed E-state index contributed by atoms with van der Waals surface area (Å²) >= 11 is 0. The van der Waals surface area contributed by atoms with Crippen molar-refractivity contribution >= 4 is 11.0 Å². The van der Waals surface area contributed by atoms with Crippen LogP contribution in [-0.4, -0.2) is 20.7 Å². The summed E-state index contributed by atoms with van der Waals surface area (Å²) in [4.78, 5) is 28.5. The van der Waals surface area contributed by atoms with Crippen molar-refractivity contribution in [3.05, 3.63) is 68.5 Å². The first-order valence-electron chi connectivity index (χ1n) is 8.56. The number of aromatic nitrogens is 3. The molecule has 0 saturated carbocycles. The zero-order valence-electron chi connectivity index (χ0n) is 15.3. The Morgan fingerprint density at radius 2 is 1.82 bits per heavy atom. The van der Waals surface area contributed by atoms with E-state index in [1.807, 2.05) is 31.2 Å². The number of halogens is 3. The van der Waals surface area contributed by atoms with Gasteiger partial charge in [-0.25, -0.2) is 9.78 Å². The van der Waals surface area contributed by atoms with E-state index in [1.165, 1.54) is 7.05 Å². The molecule has 0 bridgehead atoms. The lowest BCUT2D eigenvalue weighted by Gasteiger charge is -2.13. The molecular weight excluding hydrogens is 375 g/mol. The molecule has 6 nitrogen and oxygen atoms in total. The molecule has 0 N–H and O–H groups in total. The van der Waals surface area contributed by atoms with Gasteiger partial charge in [0.25, 0.3) is 5.56 Å². The van der Waals surface area contributed by atoms with Crippen LogP contribution in [0.2, 0.25) is 0 Å². The average molecular weight is 393 g/mol. The summed E-state index contributed by atoms with van der Waals surface area (Å²) < 4.78 is 46.1. The molecule has 3 rings (SSSR count). The number of nitrogens with zero attached hydrogens (tertiary/aromatic N) is 3. The van der Waals surface area contributed by atoms with Crippen LogP contribution in [0.5, 0.6) is 5.75 Å². The molecule has 0 radical (unpaired) electrons. The van der Waals surface area contributed by atoms with E-state index in [4.69, 9.17) is 4.74 Å². The number of rotatable bonds is 5. The van der Waals surface area contributed by atoms with E-state index >= 15 is 0 Å². The molecule has 148 valence electrons. The lowest BCUT2D eigenvalue weighted by molar-refractivity contribution is -0.141. The van der Waals surface area contributed by atoms with Crippen molar-refractivity contribution in [2.45, 2.75) is 26.1 Å². The van der Waals surface area contributed by atoms with E-state index in [1.54, 1.807) is 0 Å². The minimum atomic E-state index is -4.66.